The minimum absolute atomic E-state index is 0.162. The Morgan fingerprint density at radius 1 is 1.33 bits per heavy atom. The number of likely N-dealkylation sites (tertiary alicyclic amines) is 1. The molecular weight excluding hydrogens is 326 g/mol. The number of para-hydroxylation sites is 1. The maximum atomic E-state index is 11.7. The van der Waals surface area contributed by atoms with Gasteiger partial charge in [-0.2, -0.15) is 11.3 Å². The molecule has 1 aliphatic rings. The molecule has 1 fully saturated rings. The molecule has 0 radical (unpaired) electrons. The first-order valence-electron chi connectivity index (χ1n) is 7.89. The van der Waals surface area contributed by atoms with Gasteiger partial charge in [0.05, 0.1) is 20.3 Å². The van der Waals surface area contributed by atoms with E-state index < -0.39 is 12.0 Å². The SMILES string of the molecule is COc1cccc(C(c2ccsc2)N2CCCC2C(=O)O)c1OC. The molecule has 5 nitrogen and oxygen atoms in total. The summed E-state index contributed by atoms with van der Waals surface area (Å²) in [7, 11) is 3.22. The average Bonchev–Trinajstić information content (AvgIpc) is 3.27. The molecule has 0 bridgehead atoms. The molecule has 6 heteroatoms. The Morgan fingerprint density at radius 3 is 2.79 bits per heavy atom. The van der Waals surface area contributed by atoms with Crippen LogP contribution in [-0.4, -0.2) is 42.8 Å². The fraction of sp³-hybridized carbons (Fsp3) is 0.389. The number of carboxylic acid groups (broad SMARTS) is 1. The number of ether oxygens (including phenoxy) is 2. The maximum Gasteiger partial charge on any atom is 0.320 e. The van der Waals surface area contributed by atoms with E-state index in [1.807, 2.05) is 29.6 Å². The van der Waals surface area contributed by atoms with Crippen LogP contribution in [0.4, 0.5) is 0 Å². The third-order valence-corrected chi connectivity index (χ3v) is 5.20. The molecular formula is C18H21NO4S. The summed E-state index contributed by atoms with van der Waals surface area (Å²) < 4.78 is 11.0. The van der Waals surface area contributed by atoms with E-state index in [-0.39, 0.29) is 6.04 Å². The summed E-state index contributed by atoms with van der Waals surface area (Å²) in [6.07, 6.45) is 1.55. The summed E-state index contributed by atoms with van der Waals surface area (Å²) in [5, 5.41) is 13.7. The van der Waals surface area contributed by atoms with E-state index in [1.54, 1.807) is 25.6 Å². The van der Waals surface area contributed by atoms with Crippen LogP contribution in [0.1, 0.15) is 30.0 Å². The smallest absolute Gasteiger partial charge is 0.320 e. The molecule has 1 aromatic heterocycles. The number of methoxy groups -OCH3 is 2. The Balaban J connectivity index is 2.12. The van der Waals surface area contributed by atoms with Gasteiger partial charge in [-0.3, -0.25) is 9.69 Å². The van der Waals surface area contributed by atoms with Crippen LogP contribution >= 0.6 is 11.3 Å². The van der Waals surface area contributed by atoms with Gasteiger partial charge in [-0.05, 0) is 41.3 Å². The largest absolute Gasteiger partial charge is 0.493 e. The zero-order valence-corrected chi connectivity index (χ0v) is 14.6. The van der Waals surface area contributed by atoms with Crippen LogP contribution in [0.15, 0.2) is 35.0 Å². The summed E-state index contributed by atoms with van der Waals surface area (Å²) in [5.41, 5.74) is 2.02. The van der Waals surface area contributed by atoms with Crippen molar-refractivity contribution in [1.82, 2.24) is 4.90 Å². The minimum Gasteiger partial charge on any atom is -0.493 e. The summed E-state index contributed by atoms with van der Waals surface area (Å²) >= 11 is 1.61. The van der Waals surface area contributed by atoms with Gasteiger partial charge in [-0.25, -0.2) is 0 Å². The molecule has 0 aliphatic carbocycles. The van der Waals surface area contributed by atoms with Crippen LogP contribution in [0.3, 0.4) is 0 Å². The van der Waals surface area contributed by atoms with Gasteiger partial charge in [0.1, 0.15) is 6.04 Å². The minimum atomic E-state index is -0.769. The quantitative estimate of drug-likeness (QED) is 0.868. The topological polar surface area (TPSA) is 59.0 Å². The lowest BCUT2D eigenvalue weighted by molar-refractivity contribution is -0.142. The normalized spacial score (nSPS) is 19.2. The van der Waals surface area contributed by atoms with Gasteiger partial charge in [0.2, 0.25) is 0 Å². The summed E-state index contributed by atoms with van der Waals surface area (Å²) in [5.74, 6) is 0.545. The van der Waals surface area contributed by atoms with E-state index in [0.717, 1.165) is 24.1 Å². The Hall–Kier alpha value is -2.05. The summed E-state index contributed by atoms with van der Waals surface area (Å²) in [4.78, 5) is 13.8. The van der Waals surface area contributed by atoms with Crippen LogP contribution in [-0.2, 0) is 4.79 Å². The number of nitrogens with zero attached hydrogens (tertiary/aromatic N) is 1. The van der Waals surface area contributed by atoms with Gasteiger partial charge in [0.25, 0.3) is 0 Å². The van der Waals surface area contributed by atoms with E-state index in [1.165, 1.54) is 0 Å². The highest BCUT2D eigenvalue weighted by molar-refractivity contribution is 7.08. The zero-order chi connectivity index (χ0) is 17.1. The monoisotopic (exact) mass is 347 g/mol. The summed E-state index contributed by atoms with van der Waals surface area (Å²) in [6, 6.07) is 7.16. The van der Waals surface area contributed by atoms with Gasteiger partial charge >= 0.3 is 5.97 Å². The molecule has 1 aromatic carbocycles. The molecule has 2 heterocycles. The molecule has 2 aromatic rings. The molecule has 128 valence electrons. The van der Waals surface area contributed by atoms with Crippen molar-refractivity contribution < 1.29 is 19.4 Å². The second-order valence-electron chi connectivity index (χ2n) is 5.78. The van der Waals surface area contributed by atoms with E-state index in [0.29, 0.717) is 17.9 Å². The molecule has 3 rings (SSSR count). The Morgan fingerprint density at radius 2 is 2.17 bits per heavy atom. The number of benzene rings is 1. The second kappa shape index (κ2) is 7.23. The third-order valence-electron chi connectivity index (χ3n) is 4.50. The molecule has 1 N–H and O–H groups in total. The molecule has 0 amide bonds. The van der Waals surface area contributed by atoms with Crippen molar-refractivity contribution in [3.8, 4) is 11.5 Å². The second-order valence-corrected chi connectivity index (χ2v) is 6.56. The Bertz CT molecular complexity index is 701. The van der Waals surface area contributed by atoms with Crippen molar-refractivity contribution in [2.75, 3.05) is 20.8 Å². The molecule has 24 heavy (non-hydrogen) atoms. The first-order chi connectivity index (χ1) is 11.7. The van der Waals surface area contributed by atoms with Crippen LogP contribution in [0, 0.1) is 0 Å². The number of hydrogen-bond donors (Lipinski definition) is 1. The lowest BCUT2D eigenvalue weighted by atomic mass is 9.97. The number of carboxylic acids is 1. The Labute approximate surface area is 145 Å². The highest BCUT2D eigenvalue weighted by Crippen LogP contribution is 2.43. The highest BCUT2D eigenvalue weighted by atomic mass is 32.1. The van der Waals surface area contributed by atoms with Crippen LogP contribution in [0.25, 0.3) is 0 Å². The van der Waals surface area contributed by atoms with Gasteiger partial charge in [-0.1, -0.05) is 12.1 Å². The van der Waals surface area contributed by atoms with Crippen molar-refractivity contribution in [3.05, 3.63) is 46.2 Å². The van der Waals surface area contributed by atoms with Crippen molar-refractivity contribution in [2.24, 2.45) is 0 Å². The lowest BCUT2D eigenvalue weighted by Gasteiger charge is -2.32. The number of aliphatic carboxylic acids is 1. The molecule has 1 saturated heterocycles. The van der Waals surface area contributed by atoms with Gasteiger partial charge in [0, 0.05) is 12.1 Å². The predicted octanol–water partition coefficient (Wildman–Crippen LogP) is 3.40. The summed E-state index contributed by atoms with van der Waals surface area (Å²) in [6.45, 7) is 0.748. The molecule has 1 aliphatic heterocycles. The molecule has 2 unspecified atom stereocenters. The van der Waals surface area contributed by atoms with Crippen LogP contribution < -0.4 is 9.47 Å². The van der Waals surface area contributed by atoms with Gasteiger partial charge < -0.3 is 14.6 Å². The standard InChI is InChI=1S/C18H21NO4S/c1-22-15-7-3-5-13(17(15)23-2)16(12-8-10-24-11-12)19-9-4-6-14(19)18(20)21/h3,5,7-8,10-11,14,16H,4,6,9H2,1-2H3,(H,20,21). The highest BCUT2D eigenvalue weighted by Gasteiger charge is 2.38. The molecule has 2 atom stereocenters. The fourth-order valence-corrected chi connectivity index (χ4v) is 4.15. The predicted molar refractivity (Wildman–Crippen MR) is 93.1 cm³/mol. The van der Waals surface area contributed by atoms with Crippen molar-refractivity contribution in [2.45, 2.75) is 24.9 Å². The van der Waals surface area contributed by atoms with Gasteiger partial charge in [0.15, 0.2) is 11.5 Å². The lowest BCUT2D eigenvalue weighted by Crippen LogP contribution is -2.39. The number of thiophene rings is 1. The average molecular weight is 347 g/mol. The van der Waals surface area contributed by atoms with E-state index in [2.05, 4.69) is 10.3 Å². The third kappa shape index (κ3) is 2.99. The maximum absolute atomic E-state index is 11.7. The first-order valence-corrected chi connectivity index (χ1v) is 8.83. The van der Waals surface area contributed by atoms with Crippen molar-refractivity contribution >= 4 is 17.3 Å². The van der Waals surface area contributed by atoms with Gasteiger partial charge in [-0.15, -0.1) is 0 Å². The fourth-order valence-electron chi connectivity index (χ4n) is 3.47. The van der Waals surface area contributed by atoms with E-state index in [4.69, 9.17) is 9.47 Å². The Kier molecular flexibility index (Phi) is 5.06. The molecule has 0 spiro atoms. The zero-order valence-electron chi connectivity index (χ0n) is 13.8. The van der Waals surface area contributed by atoms with Crippen LogP contribution in [0.2, 0.25) is 0 Å². The van der Waals surface area contributed by atoms with Crippen molar-refractivity contribution in [3.63, 3.8) is 0 Å². The van der Waals surface area contributed by atoms with Crippen LogP contribution in [0.5, 0.6) is 11.5 Å². The molecule has 0 saturated carbocycles. The first kappa shape index (κ1) is 16.8. The van der Waals surface area contributed by atoms with Crippen molar-refractivity contribution in [1.29, 1.82) is 0 Å². The van der Waals surface area contributed by atoms with E-state index >= 15 is 0 Å². The number of hydrogen-bond acceptors (Lipinski definition) is 5. The number of rotatable bonds is 6. The van der Waals surface area contributed by atoms with E-state index in [9.17, 15) is 9.90 Å². The number of carbonyl (C=O) groups is 1.